The summed E-state index contributed by atoms with van der Waals surface area (Å²) in [4.78, 5) is 14.4. The number of nitrogens with zero attached hydrogens (tertiary/aromatic N) is 1. The molecule has 6 heteroatoms. The standard InChI is InChI=1S/C18H24FNO4/c19-14-2-1-3-15(12-14)24-17-5-9-20(8-4-16(17)21)18(22)13-6-10-23-11-7-13/h1-3,12-13,16-17,21H,4-11H2/t16-,17-/m0/s1. The monoisotopic (exact) mass is 337 g/mol. The summed E-state index contributed by atoms with van der Waals surface area (Å²) in [7, 11) is 0. The quantitative estimate of drug-likeness (QED) is 0.916. The lowest BCUT2D eigenvalue weighted by molar-refractivity contribution is -0.138. The van der Waals surface area contributed by atoms with Gasteiger partial charge in [0.15, 0.2) is 0 Å². The summed E-state index contributed by atoms with van der Waals surface area (Å²) in [6.07, 6.45) is 1.43. The molecule has 1 aromatic carbocycles. The number of benzene rings is 1. The molecule has 3 rings (SSSR count). The summed E-state index contributed by atoms with van der Waals surface area (Å²) < 4.78 is 24.3. The molecular formula is C18H24FNO4. The van der Waals surface area contributed by atoms with Gasteiger partial charge in [0.05, 0.1) is 6.10 Å². The second-order valence-electron chi connectivity index (χ2n) is 6.47. The highest BCUT2D eigenvalue weighted by Crippen LogP contribution is 2.23. The number of aliphatic hydroxyl groups excluding tert-OH is 1. The molecule has 0 aromatic heterocycles. The third-order valence-corrected chi connectivity index (χ3v) is 4.77. The highest BCUT2D eigenvalue weighted by atomic mass is 19.1. The van der Waals surface area contributed by atoms with Gasteiger partial charge in [-0.25, -0.2) is 4.39 Å². The zero-order chi connectivity index (χ0) is 16.9. The Morgan fingerprint density at radius 1 is 1.21 bits per heavy atom. The van der Waals surface area contributed by atoms with Gasteiger partial charge in [-0.15, -0.1) is 0 Å². The number of amides is 1. The van der Waals surface area contributed by atoms with Gasteiger partial charge < -0.3 is 19.5 Å². The number of hydrogen-bond acceptors (Lipinski definition) is 4. The molecular weight excluding hydrogens is 313 g/mol. The SMILES string of the molecule is O=C(C1CCOCC1)N1CC[C@H](Oc2cccc(F)c2)[C@@H](O)CC1. The zero-order valence-corrected chi connectivity index (χ0v) is 13.7. The van der Waals surface area contributed by atoms with E-state index in [9.17, 15) is 14.3 Å². The summed E-state index contributed by atoms with van der Waals surface area (Å²) >= 11 is 0. The Bertz CT molecular complexity index is 562. The first kappa shape index (κ1) is 17.2. The molecule has 2 fully saturated rings. The second-order valence-corrected chi connectivity index (χ2v) is 6.47. The lowest BCUT2D eigenvalue weighted by atomic mass is 9.98. The molecule has 0 saturated carbocycles. The molecule has 1 amide bonds. The van der Waals surface area contributed by atoms with Crippen molar-refractivity contribution < 1.29 is 23.8 Å². The molecule has 2 heterocycles. The van der Waals surface area contributed by atoms with Crippen molar-refractivity contribution in [3.8, 4) is 5.75 Å². The number of carbonyl (C=O) groups is 1. The van der Waals surface area contributed by atoms with Gasteiger partial charge in [0.25, 0.3) is 0 Å². The van der Waals surface area contributed by atoms with E-state index in [0.29, 0.717) is 44.9 Å². The molecule has 0 unspecified atom stereocenters. The first-order valence-electron chi connectivity index (χ1n) is 8.60. The maximum absolute atomic E-state index is 13.3. The van der Waals surface area contributed by atoms with Gasteiger partial charge in [0.2, 0.25) is 5.91 Å². The van der Waals surface area contributed by atoms with Gasteiger partial charge in [0, 0.05) is 44.7 Å². The van der Waals surface area contributed by atoms with Crippen molar-refractivity contribution in [3.63, 3.8) is 0 Å². The molecule has 1 aromatic rings. The van der Waals surface area contributed by atoms with E-state index in [0.717, 1.165) is 12.8 Å². The summed E-state index contributed by atoms with van der Waals surface area (Å²) in [5.74, 6) is 0.212. The molecule has 2 aliphatic rings. The number of aliphatic hydroxyl groups is 1. The fraction of sp³-hybridized carbons (Fsp3) is 0.611. The normalized spacial score (nSPS) is 26.0. The van der Waals surface area contributed by atoms with Gasteiger partial charge >= 0.3 is 0 Å². The predicted molar refractivity (Wildman–Crippen MR) is 86.2 cm³/mol. The minimum atomic E-state index is -0.666. The first-order chi connectivity index (χ1) is 11.6. The minimum Gasteiger partial charge on any atom is -0.488 e. The minimum absolute atomic E-state index is 0.0246. The summed E-state index contributed by atoms with van der Waals surface area (Å²) in [5.41, 5.74) is 0. The highest BCUT2D eigenvalue weighted by Gasteiger charge is 2.32. The third kappa shape index (κ3) is 4.24. The van der Waals surface area contributed by atoms with Crippen LogP contribution in [0.3, 0.4) is 0 Å². The van der Waals surface area contributed by atoms with E-state index in [4.69, 9.17) is 9.47 Å². The molecule has 5 nitrogen and oxygen atoms in total. The van der Waals surface area contributed by atoms with E-state index >= 15 is 0 Å². The fourth-order valence-electron chi connectivity index (χ4n) is 3.34. The van der Waals surface area contributed by atoms with Crippen molar-refractivity contribution >= 4 is 5.91 Å². The van der Waals surface area contributed by atoms with E-state index in [-0.39, 0.29) is 17.6 Å². The smallest absolute Gasteiger partial charge is 0.225 e. The van der Waals surface area contributed by atoms with Crippen LogP contribution in [-0.2, 0) is 9.53 Å². The molecule has 0 radical (unpaired) electrons. The van der Waals surface area contributed by atoms with Crippen molar-refractivity contribution in [3.05, 3.63) is 30.1 Å². The molecule has 2 saturated heterocycles. The first-order valence-corrected chi connectivity index (χ1v) is 8.60. The van der Waals surface area contributed by atoms with Gasteiger partial charge in [-0.3, -0.25) is 4.79 Å². The number of ether oxygens (including phenoxy) is 2. The number of carbonyl (C=O) groups excluding carboxylic acids is 1. The van der Waals surface area contributed by atoms with Gasteiger partial charge in [0.1, 0.15) is 17.7 Å². The molecule has 0 bridgehead atoms. The van der Waals surface area contributed by atoms with Crippen LogP contribution >= 0.6 is 0 Å². The summed E-state index contributed by atoms with van der Waals surface area (Å²) in [5, 5.41) is 10.3. The number of hydrogen-bond donors (Lipinski definition) is 1. The van der Waals surface area contributed by atoms with Crippen molar-refractivity contribution in [2.75, 3.05) is 26.3 Å². The van der Waals surface area contributed by atoms with Crippen LogP contribution in [0.5, 0.6) is 5.75 Å². The Labute approximate surface area is 141 Å². The predicted octanol–water partition coefficient (Wildman–Crippen LogP) is 1.98. The second kappa shape index (κ2) is 7.94. The zero-order valence-electron chi connectivity index (χ0n) is 13.7. The van der Waals surface area contributed by atoms with Crippen LogP contribution in [-0.4, -0.2) is 54.4 Å². The van der Waals surface area contributed by atoms with Gasteiger partial charge in [-0.2, -0.15) is 0 Å². The van der Waals surface area contributed by atoms with Crippen LogP contribution in [0.25, 0.3) is 0 Å². The largest absolute Gasteiger partial charge is 0.488 e. The molecule has 24 heavy (non-hydrogen) atoms. The highest BCUT2D eigenvalue weighted by molar-refractivity contribution is 5.79. The summed E-state index contributed by atoms with van der Waals surface area (Å²) in [6.45, 7) is 2.35. The number of halogens is 1. The maximum atomic E-state index is 13.3. The van der Waals surface area contributed by atoms with Crippen molar-refractivity contribution in [2.24, 2.45) is 5.92 Å². The Kier molecular flexibility index (Phi) is 5.68. The molecule has 2 aliphatic heterocycles. The van der Waals surface area contributed by atoms with Crippen LogP contribution in [0.15, 0.2) is 24.3 Å². The van der Waals surface area contributed by atoms with Crippen LogP contribution in [0, 0.1) is 11.7 Å². The average Bonchev–Trinajstić information content (AvgIpc) is 2.78. The van der Waals surface area contributed by atoms with E-state index < -0.39 is 12.2 Å². The Hall–Kier alpha value is -1.66. The van der Waals surface area contributed by atoms with Crippen molar-refractivity contribution in [1.82, 2.24) is 4.90 Å². The number of likely N-dealkylation sites (tertiary alicyclic amines) is 1. The Morgan fingerprint density at radius 2 is 1.96 bits per heavy atom. The van der Waals surface area contributed by atoms with Gasteiger partial charge in [-0.05, 0) is 31.4 Å². The topological polar surface area (TPSA) is 59.0 Å². The third-order valence-electron chi connectivity index (χ3n) is 4.77. The van der Waals surface area contributed by atoms with E-state index in [1.165, 1.54) is 12.1 Å². The fourth-order valence-corrected chi connectivity index (χ4v) is 3.34. The molecule has 0 aliphatic carbocycles. The van der Waals surface area contributed by atoms with Crippen LogP contribution in [0.2, 0.25) is 0 Å². The Balaban J connectivity index is 1.59. The molecule has 1 N–H and O–H groups in total. The molecule has 2 atom stereocenters. The molecule has 0 spiro atoms. The van der Waals surface area contributed by atoms with Crippen molar-refractivity contribution in [1.29, 1.82) is 0 Å². The summed E-state index contributed by atoms with van der Waals surface area (Å²) in [6, 6.07) is 5.91. The molecule has 132 valence electrons. The number of rotatable bonds is 3. The lowest BCUT2D eigenvalue weighted by Crippen LogP contribution is -2.39. The maximum Gasteiger partial charge on any atom is 0.225 e. The van der Waals surface area contributed by atoms with E-state index in [2.05, 4.69) is 0 Å². The van der Waals surface area contributed by atoms with Crippen LogP contribution in [0.1, 0.15) is 25.7 Å². The van der Waals surface area contributed by atoms with Crippen molar-refractivity contribution in [2.45, 2.75) is 37.9 Å². The van der Waals surface area contributed by atoms with Crippen LogP contribution < -0.4 is 4.74 Å². The van der Waals surface area contributed by atoms with E-state index in [1.807, 2.05) is 4.90 Å². The van der Waals surface area contributed by atoms with Crippen LogP contribution in [0.4, 0.5) is 4.39 Å². The Morgan fingerprint density at radius 3 is 2.71 bits per heavy atom. The lowest BCUT2D eigenvalue weighted by Gasteiger charge is -2.28. The van der Waals surface area contributed by atoms with E-state index in [1.54, 1.807) is 12.1 Å². The average molecular weight is 337 g/mol. The van der Waals surface area contributed by atoms with Gasteiger partial charge in [-0.1, -0.05) is 6.07 Å².